The zero-order valence-corrected chi connectivity index (χ0v) is 16.9. The molecule has 0 unspecified atom stereocenters. The topological polar surface area (TPSA) is 53.0 Å². The van der Waals surface area contributed by atoms with Crippen molar-refractivity contribution >= 4 is 5.91 Å². The van der Waals surface area contributed by atoms with E-state index < -0.39 is 6.10 Å². The molecule has 2 saturated heterocycles. The number of likely N-dealkylation sites (tertiary alicyclic amines) is 1. The monoisotopic (exact) mass is 394 g/mol. The third-order valence-corrected chi connectivity index (χ3v) is 5.99. The molecule has 0 aromatic heterocycles. The number of benzene rings is 2. The summed E-state index contributed by atoms with van der Waals surface area (Å²) in [7, 11) is 0. The maximum absolute atomic E-state index is 13.3. The molecule has 0 saturated carbocycles. The zero-order chi connectivity index (χ0) is 20.1. The number of carbonyl (C=O) groups is 1. The lowest BCUT2D eigenvalue weighted by Crippen LogP contribution is -2.49. The summed E-state index contributed by atoms with van der Waals surface area (Å²) in [4.78, 5) is 17.7. The van der Waals surface area contributed by atoms with Gasteiger partial charge in [-0.05, 0) is 49.2 Å². The number of hydrogen-bond acceptors (Lipinski definition) is 4. The van der Waals surface area contributed by atoms with Crippen molar-refractivity contribution in [2.75, 3.05) is 32.8 Å². The SMILES string of the molecule is O=C(c1ccc(CN2CCCCC2)cc1)N1CCO[C@@H](CO)[C@@H]1c1ccccc1. The number of ether oxygens (including phenoxy) is 1. The van der Waals surface area contributed by atoms with Crippen molar-refractivity contribution in [1.82, 2.24) is 9.80 Å². The number of aliphatic hydroxyl groups excluding tert-OH is 1. The van der Waals surface area contributed by atoms with Crippen LogP contribution in [0.25, 0.3) is 0 Å². The molecule has 2 aromatic rings. The summed E-state index contributed by atoms with van der Waals surface area (Å²) >= 11 is 0. The highest BCUT2D eigenvalue weighted by Gasteiger charge is 2.36. The molecule has 0 spiro atoms. The first-order valence-corrected chi connectivity index (χ1v) is 10.7. The van der Waals surface area contributed by atoms with Gasteiger partial charge in [-0.15, -0.1) is 0 Å². The van der Waals surface area contributed by atoms with Gasteiger partial charge in [0.05, 0.1) is 19.3 Å². The summed E-state index contributed by atoms with van der Waals surface area (Å²) in [6, 6.07) is 17.6. The lowest BCUT2D eigenvalue weighted by atomic mass is 9.97. The van der Waals surface area contributed by atoms with Gasteiger partial charge in [0.15, 0.2) is 0 Å². The molecule has 1 amide bonds. The lowest BCUT2D eigenvalue weighted by molar-refractivity contribution is -0.0811. The maximum Gasteiger partial charge on any atom is 0.254 e. The minimum absolute atomic E-state index is 0.00914. The van der Waals surface area contributed by atoms with Crippen LogP contribution in [0.3, 0.4) is 0 Å². The highest BCUT2D eigenvalue weighted by atomic mass is 16.5. The van der Waals surface area contributed by atoms with Gasteiger partial charge in [0, 0.05) is 18.7 Å². The Morgan fingerprint density at radius 2 is 1.69 bits per heavy atom. The van der Waals surface area contributed by atoms with Crippen LogP contribution >= 0.6 is 0 Å². The van der Waals surface area contributed by atoms with Gasteiger partial charge in [0.25, 0.3) is 5.91 Å². The van der Waals surface area contributed by atoms with E-state index in [1.807, 2.05) is 47.4 Å². The normalized spacial score (nSPS) is 23.1. The Balaban J connectivity index is 1.50. The second-order valence-corrected chi connectivity index (χ2v) is 7.98. The van der Waals surface area contributed by atoms with Crippen LogP contribution in [0.2, 0.25) is 0 Å². The van der Waals surface area contributed by atoms with E-state index in [9.17, 15) is 9.90 Å². The number of hydrogen-bond donors (Lipinski definition) is 1. The van der Waals surface area contributed by atoms with Gasteiger partial charge >= 0.3 is 0 Å². The predicted octanol–water partition coefficient (Wildman–Crippen LogP) is 3.25. The van der Waals surface area contributed by atoms with E-state index in [1.54, 1.807) is 0 Å². The van der Waals surface area contributed by atoms with Crippen molar-refractivity contribution in [3.05, 3.63) is 71.3 Å². The van der Waals surface area contributed by atoms with Crippen molar-refractivity contribution in [3.8, 4) is 0 Å². The molecule has 154 valence electrons. The second kappa shape index (κ2) is 9.53. The van der Waals surface area contributed by atoms with Crippen LogP contribution < -0.4 is 0 Å². The summed E-state index contributed by atoms with van der Waals surface area (Å²) in [5.74, 6) is -0.00914. The molecule has 0 radical (unpaired) electrons. The van der Waals surface area contributed by atoms with Crippen LogP contribution in [0.5, 0.6) is 0 Å². The molecule has 2 fully saturated rings. The quantitative estimate of drug-likeness (QED) is 0.846. The number of aliphatic hydroxyl groups is 1. The first-order valence-electron chi connectivity index (χ1n) is 10.7. The number of morpholine rings is 1. The Kier molecular flexibility index (Phi) is 6.60. The Hall–Kier alpha value is -2.21. The van der Waals surface area contributed by atoms with Crippen LogP contribution in [0.4, 0.5) is 0 Å². The van der Waals surface area contributed by atoms with E-state index in [2.05, 4.69) is 17.0 Å². The van der Waals surface area contributed by atoms with E-state index >= 15 is 0 Å². The fourth-order valence-electron chi connectivity index (χ4n) is 4.45. The molecule has 2 heterocycles. The number of amides is 1. The van der Waals surface area contributed by atoms with Gasteiger partial charge in [-0.2, -0.15) is 0 Å². The number of piperidine rings is 1. The second-order valence-electron chi connectivity index (χ2n) is 7.98. The standard InChI is InChI=1S/C24H30N2O3/c27-18-22-23(20-7-3-1-4-8-20)26(15-16-29-22)24(28)21-11-9-19(10-12-21)17-25-13-5-2-6-14-25/h1,3-4,7-12,22-23,27H,2,5-6,13-18H2/t22-,23-/m0/s1. The lowest BCUT2D eigenvalue weighted by Gasteiger charge is -2.41. The van der Waals surface area contributed by atoms with Crippen LogP contribution in [0, 0.1) is 0 Å². The zero-order valence-electron chi connectivity index (χ0n) is 16.9. The Labute approximate surface area is 172 Å². The molecular weight excluding hydrogens is 364 g/mol. The average Bonchev–Trinajstić information content (AvgIpc) is 2.80. The van der Waals surface area contributed by atoms with Gasteiger partial charge in [-0.25, -0.2) is 0 Å². The first kappa shape index (κ1) is 20.1. The first-order chi connectivity index (χ1) is 14.3. The highest BCUT2D eigenvalue weighted by Crippen LogP contribution is 2.31. The third-order valence-electron chi connectivity index (χ3n) is 5.99. The van der Waals surface area contributed by atoms with E-state index in [0.29, 0.717) is 18.7 Å². The summed E-state index contributed by atoms with van der Waals surface area (Å²) in [6.45, 7) is 4.12. The molecule has 2 atom stereocenters. The summed E-state index contributed by atoms with van der Waals surface area (Å²) in [6.07, 6.45) is 3.48. The molecule has 5 nitrogen and oxygen atoms in total. The molecule has 2 aromatic carbocycles. The Morgan fingerprint density at radius 3 is 2.38 bits per heavy atom. The summed E-state index contributed by atoms with van der Waals surface area (Å²) in [5, 5.41) is 9.82. The van der Waals surface area contributed by atoms with Crippen molar-refractivity contribution in [1.29, 1.82) is 0 Å². The van der Waals surface area contributed by atoms with Gasteiger partial charge in [-0.3, -0.25) is 9.69 Å². The smallest absolute Gasteiger partial charge is 0.254 e. The fourth-order valence-corrected chi connectivity index (χ4v) is 4.45. The van der Waals surface area contributed by atoms with Crippen molar-refractivity contribution < 1.29 is 14.6 Å². The number of rotatable bonds is 5. The minimum atomic E-state index is -0.409. The van der Waals surface area contributed by atoms with E-state index in [-0.39, 0.29) is 18.6 Å². The molecule has 0 aliphatic carbocycles. The van der Waals surface area contributed by atoms with Crippen LogP contribution in [-0.4, -0.2) is 59.8 Å². The van der Waals surface area contributed by atoms with Crippen molar-refractivity contribution in [3.63, 3.8) is 0 Å². The molecule has 4 rings (SSSR count). The van der Waals surface area contributed by atoms with Crippen LogP contribution in [-0.2, 0) is 11.3 Å². The Bertz CT molecular complexity index is 788. The molecule has 1 N–H and O–H groups in total. The van der Waals surface area contributed by atoms with Crippen LogP contribution in [0.1, 0.15) is 46.8 Å². The summed E-state index contributed by atoms with van der Waals surface area (Å²) < 4.78 is 5.76. The fraction of sp³-hybridized carbons (Fsp3) is 0.458. The molecule has 5 heteroatoms. The third kappa shape index (κ3) is 4.69. The molecule has 29 heavy (non-hydrogen) atoms. The molecule has 2 aliphatic rings. The minimum Gasteiger partial charge on any atom is -0.394 e. The van der Waals surface area contributed by atoms with Gasteiger partial charge < -0.3 is 14.7 Å². The number of carbonyl (C=O) groups excluding carboxylic acids is 1. The van der Waals surface area contributed by atoms with Crippen molar-refractivity contribution in [2.45, 2.75) is 38.0 Å². The number of nitrogens with zero attached hydrogens (tertiary/aromatic N) is 2. The average molecular weight is 395 g/mol. The Morgan fingerprint density at radius 1 is 0.966 bits per heavy atom. The molecular formula is C24H30N2O3. The van der Waals surface area contributed by atoms with E-state index in [4.69, 9.17) is 4.74 Å². The van der Waals surface area contributed by atoms with Crippen molar-refractivity contribution in [2.24, 2.45) is 0 Å². The van der Waals surface area contributed by atoms with Gasteiger partial charge in [0.1, 0.15) is 6.10 Å². The predicted molar refractivity (Wildman–Crippen MR) is 113 cm³/mol. The molecule has 2 aliphatic heterocycles. The van der Waals surface area contributed by atoms with Gasteiger partial charge in [0.2, 0.25) is 0 Å². The summed E-state index contributed by atoms with van der Waals surface area (Å²) in [5.41, 5.74) is 2.92. The van der Waals surface area contributed by atoms with Gasteiger partial charge in [-0.1, -0.05) is 48.9 Å². The van der Waals surface area contributed by atoms with E-state index in [1.165, 1.54) is 24.8 Å². The maximum atomic E-state index is 13.3. The van der Waals surface area contributed by atoms with Crippen LogP contribution in [0.15, 0.2) is 54.6 Å². The highest BCUT2D eigenvalue weighted by molar-refractivity contribution is 5.94. The largest absolute Gasteiger partial charge is 0.394 e. The molecule has 0 bridgehead atoms. The van der Waals surface area contributed by atoms with E-state index in [0.717, 1.165) is 25.2 Å².